The number of carboxylic acids is 1. The van der Waals surface area contributed by atoms with Gasteiger partial charge < -0.3 is 16.2 Å². The molecule has 2 atom stereocenters. The van der Waals surface area contributed by atoms with E-state index in [1.54, 1.807) is 12.1 Å². The number of hydrogen-bond donors (Lipinski definition) is 3. The van der Waals surface area contributed by atoms with Gasteiger partial charge in [-0.3, -0.25) is 9.59 Å². The standard InChI is InChI=1S/C13H15BrN2O3/c14-8-2-4-11(10(6-8)12(15)17)16-9-3-1-7(5-9)13(18)19/h2,4,6-7,9,16H,1,3,5H2,(H2,15,17)(H,18,19)/t7-,9+/m1/s1. The lowest BCUT2D eigenvalue weighted by Gasteiger charge is -2.16. The van der Waals surface area contributed by atoms with E-state index in [-0.39, 0.29) is 12.0 Å². The summed E-state index contributed by atoms with van der Waals surface area (Å²) >= 11 is 3.29. The van der Waals surface area contributed by atoms with Crippen LogP contribution in [-0.2, 0) is 4.79 Å². The molecule has 1 amide bonds. The van der Waals surface area contributed by atoms with Gasteiger partial charge in [0.1, 0.15) is 0 Å². The number of nitrogens with two attached hydrogens (primary N) is 1. The third-order valence-electron chi connectivity index (χ3n) is 3.39. The van der Waals surface area contributed by atoms with Crippen LogP contribution in [0.5, 0.6) is 0 Å². The van der Waals surface area contributed by atoms with E-state index in [1.807, 2.05) is 6.07 Å². The van der Waals surface area contributed by atoms with Crippen molar-refractivity contribution in [3.8, 4) is 0 Å². The number of hydrogen-bond acceptors (Lipinski definition) is 3. The van der Waals surface area contributed by atoms with Gasteiger partial charge in [0.25, 0.3) is 5.91 Å². The molecule has 0 radical (unpaired) electrons. The van der Waals surface area contributed by atoms with Gasteiger partial charge in [-0.25, -0.2) is 0 Å². The smallest absolute Gasteiger partial charge is 0.306 e. The number of carbonyl (C=O) groups is 2. The predicted octanol–water partition coefficient (Wildman–Crippen LogP) is 2.21. The van der Waals surface area contributed by atoms with Crippen molar-refractivity contribution in [3.05, 3.63) is 28.2 Å². The van der Waals surface area contributed by atoms with Crippen LogP contribution in [0, 0.1) is 5.92 Å². The number of halogens is 1. The zero-order chi connectivity index (χ0) is 14.0. The van der Waals surface area contributed by atoms with E-state index in [0.29, 0.717) is 24.1 Å². The highest BCUT2D eigenvalue weighted by molar-refractivity contribution is 9.10. The minimum Gasteiger partial charge on any atom is -0.481 e. The molecule has 0 spiro atoms. The third kappa shape index (κ3) is 3.26. The first-order valence-electron chi connectivity index (χ1n) is 6.06. The number of benzene rings is 1. The molecule has 102 valence electrons. The Kier molecular flexibility index (Phi) is 4.09. The van der Waals surface area contributed by atoms with Crippen LogP contribution in [0.15, 0.2) is 22.7 Å². The maximum Gasteiger partial charge on any atom is 0.306 e. The molecule has 1 saturated carbocycles. The van der Waals surface area contributed by atoms with Crippen molar-refractivity contribution in [2.75, 3.05) is 5.32 Å². The van der Waals surface area contributed by atoms with Crippen LogP contribution in [0.25, 0.3) is 0 Å². The van der Waals surface area contributed by atoms with Gasteiger partial charge >= 0.3 is 5.97 Å². The van der Waals surface area contributed by atoms with Gasteiger partial charge in [-0.05, 0) is 37.5 Å². The lowest BCUT2D eigenvalue weighted by molar-refractivity contribution is -0.141. The summed E-state index contributed by atoms with van der Waals surface area (Å²) in [4.78, 5) is 22.3. The quantitative estimate of drug-likeness (QED) is 0.790. The number of carboxylic acid groups (broad SMARTS) is 1. The first kappa shape index (κ1) is 13.9. The molecule has 0 aromatic heterocycles. The van der Waals surface area contributed by atoms with E-state index in [4.69, 9.17) is 10.8 Å². The van der Waals surface area contributed by atoms with Crippen LogP contribution in [0.2, 0.25) is 0 Å². The van der Waals surface area contributed by atoms with Gasteiger partial charge in [-0.15, -0.1) is 0 Å². The maximum absolute atomic E-state index is 11.4. The summed E-state index contributed by atoms with van der Waals surface area (Å²) in [5.41, 5.74) is 6.41. The van der Waals surface area contributed by atoms with Gasteiger partial charge in [-0.1, -0.05) is 15.9 Å². The minimum absolute atomic E-state index is 0.0698. The molecule has 19 heavy (non-hydrogen) atoms. The highest BCUT2D eigenvalue weighted by atomic mass is 79.9. The van der Waals surface area contributed by atoms with Gasteiger partial charge in [0, 0.05) is 16.2 Å². The Morgan fingerprint density at radius 2 is 2.11 bits per heavy atom. The fourth-order valence-corrected chi connectivity index (χ4v) is 2.76. The second kappa shape index (κ2) is 5.61. The Bertz CT molecular complexity index is 519. The van der Waals surface area contributed by atoms with Crippen molar-refractivity contribution >= 4 is 33.5 Å². The lowest BCUT2D eigenvalue weighted by Crippen LogP contribution is -2.21. The maximum atomic E-state index is 11.4. The Labute approximate surface area is 119 Å². The molecule has 5 nitrogen and oxygen atoms in total. The number of amides is 1. The van der Waals surface area contributed by atoms with Crippen LogP contribution in [0.4, 0.5) is 5.69 Å². The molecule has 1 aromatic rings. The van der Waals surface area contributed by atoms with E-state index < -0.39 is 11.9 Å². The summed E-state index contributed by atoms with van der Waals surface area (Å²) in [7, 11) is 0. The zero-order valence-corrected chi connectivity index (χ0v) is 11.8. The largest absolute Gasteiger partial charge is 0.481 e. The third-order valence-corrected chi connectivity index (χ3v) is 3.88. The molecule has 0 heterocycles. The van der Waals surface area contributed by atoms with E-state index in [0.717, 1.165) is 10.9 Å². The second-order valence-corrected chi connectivity index (χ2v) is 5.66. The molecule has 4 N–H and O–H groups in total. The van der Waals surface area contributed by atoms with Gasteiger partial charge in [-0.2, -0.15) is 0 Å². The van der Waals surface area contributed by atoms with Crippen LogP contribution in [0.1, 0.15) is 29.6 Å². The number of rotatable bonds is 4. The van der Waals surface area contributed by atoms with Crippen molar-refractivity contribution in [3.63, 3.8) is 0 Å². The molecule has 1 aliphatic carbocycles. The van der Waals surface area contributed by atoms with Crippen LogP contribution in [-0.4, -0.2) is 23.0 Å². The van der Waals surface area contributed by atoms with Crippen molar-refractivity contribution in [1.82, 2.24) is 0 Å². The number of anilines is 1. The molecule has 6 heteroatoms. The average Bonchev–Trinajstić information content (AvgIpc) is 2.80. The fraction of sp³-hybridized carbons (Fsp3) is 0.385. The molecule has 0 bridgehead atoms. The monoisotopic (exact) mass is 326 g/mol. The number of primary amides is 1. The van der Waals surface area contributed by atoms with E-state index >= 15 is 0 Å². The summed E-state index contributed by atoms with van der Waals surface area (Å²) in [6, 6.07) is 5.32. The Hall–Kier alpha value is -1.56. The molecular weight excluding hydrogens is 312 g/mol. The van der Waals surface area contributed by atoms with Crippen LogP contribution < -0.4 is 11.1 Å². The molecule has 1 aliphatic rings. The van der Waals surface area contributed by atoms with Gasteiger partial charge in [0.15, 0.2) is 0 Å². The molecular formula is C13H15BrN2O3. The summed E-state index contributed by atoms with van der Waals surface area (Å²) < 4.78 is 0.779. The van der Waals surface area contributed by atoms with Crippen molar-refractivity contribution in [1.29, 1.82) is 0 Å². The Morgan fingerprint density at radius 3 is 2.68 bits per heavy atom. The van der Waals surface area contributed by atoms with Crippen molar-refractivity contribution in [2.24, 2.45) is 11.7 Å². The predicted molar refractivity (Wildman–Crippen MR) is 75.0 cm³/mol. The average molecular weight is 327 g/mol. The summed E-state index contributed by atoms with van der Waals surface area (Å²) in [6.45, 7) is 0. The van der Waals surface area contributed by atoms with Gasteiger partial charge in [0.05, 0.1) is 11.5 Å². The highest BCUT2D eigenvalue weighted by Crippen LogP contribution is 2.30. The summed E-state index contributed by atoms with van der Waals surface area (Å²) in [5.74, 6) is -1.56. The Balaban J connectivity index is 2.12. The molecule has 0 unspecified atom stereocenters. The number of aliphatic carboxylic acids is 1. The summed E-state index contributed by atoms with van der Waals surface area (Å²) in [5, 5.41) is 12.2. The van der Waals surface area contributed by atoms with Gasteiger partial charge in [0.2, 0.25) is 0 Å². The lowest BCUT2D eigenvalue weighted by atomic mass is 10.1. The fourth-order valence-electron chi connectivity index (χ4n) is 2.40. The zero-order valence-electron chi connectivity index (χ0n) is 10.2. The van der Waals surface area contributed by atoms with E-state index in [1.165, 1.54) is 0 Å². The number of nitrogens with one attached hydrogen (secondary N) is 1. The molecule has 0 saturated heterocycles. The van der Waals surface area contributed by atoms with Crippen LogP contribution >= 0.6 is 15.9 Å². The Morgan fingerprint density at radius 1 is 1.37 bits per heavy atom. The second-order valence-electron chi connectivity index (χ2n) is 4.74. The number of carbonyl (C=O) groups excluding carboxylic acids is 1. The van der Waals surface area contributed by atoms with Crippen molar-refractivity contribution in [2.45, 2.75) is 25.3 Å². The normalized spacial score (nSPS) is 22.2. The van der Waals surface area contributed by atoms with E-state index in [2.05, 4.69) is 21.2 Å². The molecule has 0 aliphatic heterocycles. The highest BCUT2D eigenvalue weighted by Gasteiger charge is 2.30. The first-order valence-corrected chi connectivity index (χ1v) is 6.85. The SMILES string of the molecule is NC(=O)c1cc(Br)ccc1N[C@H]1CC[C@@H](C(=O)O)C1. The molecule has 1 fully saturated rings. The topological polar surface area (TPSA) is 92.4 Å². The molecule has 2 rings (SSSR count). The van der Waals surface area contributed by atoms with Crippen molar-refractivity contribution < 1.29 is 14.7 Å². The molecule has 1 aromatic carbocycles. The minimum atomic E-state index is -0.754. The van der Waals surface area contributed by atoms with E-state index in [9.17, 15) is 9.59 Å². The first-order chi connectivity index (χ1) is 8.97. The summed E-state index contributed by atoms with van der Waals surface area (Å²) in [6.07, 6.45) is 2.02. The van der Waals surface area contributed by atoms with Crippen LogP contribution in [0.3, 0.4) is 0 Å².